The van der Waals surface area contributed by atoms with Crippen LogP contribution in [0.4, 0.5) is 18.9 Å². The average molecular weight is 541 g/mol. The van der Waals surface area contributed by atoms with Crippen molar-refractivity contribution in [1.29, 1.82) is 0 Å². The molecule has 2 amide bonds. The summed E-state index contributed by atoms with van der Waals surface area (Å²) in [7, 11) is 0. The lowest BCUT2D eigenvalue weighted by atomic mass is 10.1. The second-order valence-corrected chi connectivity index (χ2v) is 9.71. The maximum atomic E-state index is 13.2. The van der Waals surface area contributed by atoms with Gasteiger partial charge in [0.2, 0.25) is 5.91 Å². The van der Waals surface area contributed by atoms with Crippen LogP contribution in [-0.4, -0.2) is 21.6 Å². The maximum absolute atomic E-state index is 13.2. The van der Waals surface area contributed by atoms with Crippen molar-refractivity contribution in [2.75, 3.05) is 5.32 Å². The Morgan fingerprint density at radius 2 is 1.76 bits per heavy atom. The highest BCUT2D eigenvalue weighted by molar-refractivity contribution is 6.34. The first-order valence-electron chi connectivity index (χ1n) is 12.2. The van der Waals surface area contributed by atoms with Gasteiger partial charge >= 0.3 is 6.18 Å². The zero-order valence-electron chi connectivity index (χ0n) is 20.2. The molecule has 1 heterocycles. The summed E-state index contributed by atoms with van der Waals surface area (Å²) in [5.74, 6) is -0.358. The largest absolute Gasteiger partial charge is 0.416 e. The first-order valence-corrected chi connectivity index (χ1v) is 12.6. The van der Waals surface area contributed by atoms with Crippen molar-refractivity contribution in [2.24, 2.45) is 5.92 Å². The molecular formula is C28H24ClF3N4O2. The molecule has 1 fully saturated rings. The molecule has 0 atom stereocenters. The smallest absolute Gasteiger partial charge is 0.352 e. The fourth-order valence-corrected chi connectivity index (χ4v) is 4.93. The molecule has 196 valence electrons. The van der Waals surface area contributed by atoms with Crippen LogP contribution in [0.3, 0.4) is 0 Å². The number of hydrogen-bond acceptors (Lipinski definition) is 3. The molecule has 10 heteroatoms. The van der Waals surface area contributed by atoms with E-state index in [1.54, 1.807) is 42.6 Å². The second kappa shape index (κ2) is 10.5. The molecule has 1 aliphatic carbocycles. The van der Waals surface area contributed by atoms with E-state index in [-0.39, 0.29) is 22.4 Å². The Kier molecular flexibility index (Phi) is 7.12. The fraction of sp³-hybridized carbons (Fsp3) is 0.250. The summed E-state index contributed by atoms with van der Waals surface area (Å²) < 4.78 is 40.3. The summed E-state index contributed by atoms with van der Waals surface area (Å²) in [5, 5.41) is 11.0. The number of nitrogens with zero attached hydrogens (tertiary/aromatic N) is 2. The van der Waals surface area contributed by atoms with Gasteiger partial charge in [-0.3, -0.25) is 9.59 Å². The quantitative estimate of drug-likeness (QED) is 0.284. The summed E-state index contributed by atoms with van der Waals surface area (Å²) in [6.07, 6.45) is 1.06. The van der Waals surface area contributed by atoms with E-state index in [0.29, 0.717) is 28.8 Å². The van der Waals surface area contributed by atoms with Gasteiger partial charge in [0.25, 0.3) is 5.91 Å². The highest BCUT2D eigenvalue weighted by Gasteiger charge is 2.30. The van der Waals surface area contributed by atoms with Gasteiger partial charge in [-0.25, -0.2) is 4.68 Å². The number of rotatable bonds is 6. The van der Waals surface area contributed by atoms with E-state index in [4.69, 9.17) is 11.6 Å². The number of halogens is 4. The van der Waals surface area contributed by atoms with Gasteiger partial charge in [0, 0.05) is 17.8 Å². The number of fused-ring (bicyclic) bond motifs is 1. The van der Waals surface area contributed by atoms with Gasteiger partial charge in [0.15, 0.2) is 0 Å². The van der Waals surface area contributed by atoms with Crippen LogP contribution >= 0.6 is 11.6 Å². The van der Waals surface area contributed by atoms with Gasteiger partial charge in [-0.2, -0.15) is 18.3 Å². The van der Waals surface area contributed by atoms with Crippen LogP contribution in [0.5, 0.6) is 0 Å². The van der Waals surface area contributed by atoms with Crippen molar-refractivity contribution in [2.45, 2.75) is 38.4 Å². The molecule has 5 rings (SSSR count). The summed E-state index contributed by atoms with van der Waals surface area (Å²) >= 11 is 6.33. The molecule has 1 aliphatic rings. The number of carbonyl (C=O) groups is 2. The van der Waals surface area contributed by atoms with Gasteiger partial charge in [0.1, 0.15) is 0 Å². The van der Waals surface area contributed by atoms with Crippen LogP contribution in [0.1, 0.15) is 47.2 Å². The minimum absolute atomic E-state index is 0.0280. The molecule has 1 saturated carbocycles. The van der Waals surface area contributed by atoms with Crippen LogP contribution in [0.2, 0.25) is 5.02 Å². The van der Waals surface area contributed by atoms with Gasteiger partial charge in [-0.05, 0) is 66.9 Å². The molecular weight excluding hydrogens is 517 g/mol. The van der Waals surface area contributed by atoms with E-state index in [9.17, 15) is 22.8 Å². The lowest BCUT2D eigenvalue weighted by Gasteiger charge is -2.12. The van der Waals surface area contributed by atoms with Gasteiger partial charge in [-0.15, -0.1) is 0 Å². The van der Waals surface area contributed by atoms with E-state index >= 15 is 0 Å². The molecule has 0 saturated heterocycles. The molecule has 0 aliphatic heterocycles. The van der Waals surface area contributed by atoms with Crippen LogP contribution in [-0.2, 0) is 17.5 Å². The van der Waals surface area contributed by atoms with E-state index < -0.39 is 17.6 Å². The minimum atomic E-state index is -4.43. The van der Waals surface area contributed by atoms with Crippen LogP contribution < -0.4 is 10.6 Å². The molecule has 0 bridgehead atoms. The Bertz CT molecular complexity index is 1490. The SMILES string of the molecule is O=C(Nc1cccc2c1cnn2-c1ccc(C(F)(F)F)cc1)c1cc(CNC(=O)C2CCCC2)ccc1Cl. The monoisotopic (exact) mass is 540 g/mol. The van der Waals surface area contributed by atoms with E-state index in [2.05, 4.69) is 15.7 Å². The third kappa shape index (κ3) is 5.38. The second-order valence-electron chi connectivity index (χ2n) is 9.31. The van der Waals surface area contributed by atoms with E-state index in [0.717, 1.165) is 43.4 Å². The van der Waals surface area contributed by atoms with Gasteiger partial charge in [0.05, 0.1) is 39.2 Å². The average Bonchev–Trinajstić information content (AvgIpc) is 3.59. The molecule has 2 N–H and O–H groups in total. The standard InChI is InChI=1S/C28H24ClF3N4O2/c29-23-13-8-17(15-33-26(37)18-4-1-2-5-18)14-21(23)27(38)35-24-6-3-7-25-22(24)16-34-36(25)20-11-9-19(10-12-20)28(30,31)32/h3,6-14,16,18H,1-2,4-5,15H2,(H,33,37)(H,35,38). The number of nitrogens with one attached hydrogen (secondary N) is 2. The van der Waals surface area contributed by atoms with Crippen LogP contribution in [0.25, 0.3) is 16.6 Å². The predicted octanol–water partition coefficient (Wildman–Crippen LogP) is 6.76. The first-order chi connectivity index (χ1) is 18.2. The highest BCUT2D eigenvalue weighted by atomic mass is 35.5. The molecule has 1 aromatic heterocycles. The number of anilines is 1. The van der Waals surface area contributed by atoms with Crippen molar-refractivity contribution >= 4 is 40.0 Å². The topological polar surface area (TPSA) is 76.0 Å². The van der Waals surface area contributed by atoms with Crippen molar-refractivity contribution in [3.8, 4) is 5.69 Å². The highest BCUT2D eigenvalue weighted by Crippen LogP contribution is 2.31. The number of benzene rings is 3. The number of alkyl halides is 3. The lowest BCUT2D eigenvalue weighted by molar-refractivity contribution is -0.137. The predicted molar refractivity (Wildman–Crippen MR) is 139 cm³/mol. The van der Waals surface area contributed by atoms with Crippen molar-refractivity contribution in [3.63, 3.8) is 0 Å². The molecule has 3 aromatic carbocycles. The Morgan fingerprint density at radius 1 is 1.03 bits per heavy atom. The summed E-state index contributed by atoms with van der Waals surface area (Å²) in [6, 6.07) is 14.9. The third-order valence-electron chi connectivity index (χ3n) is 6.77. The molecule has 0 spiro atoms. The number of amides is 2. The summed E-state index contributed by atoms with van der Waals surface area (Å²) in [5.41, 5.74) is 1.79. The lowest BCUT2D eigenvalue weighted by Crippen LogP contribution is -2.28. The van der Waals surface area contributed by atoms with Gasteiger partial charge in [-0.1, -0.05) is 36.6 Å². The number of aromatic nitrogens is 2. The Balaban J connectivity index is 1.34. The van der Waals surface area contributed by atoms with Crippen LogP contribution in [0.15, 0.2) is 66.9 Å². The Hall–Kier alpha value is -3.85. The summed E-state index contributed by atoms with van der Waals surface area (Å²) in [6.45, 7) is 0.294. The molecule has 6 nitrogen and oxygen atoms in total. The van der Waals surface area contributed by atoms with E-state index in [1.165, 1.54) is 16.8 Å². The molecule has 0 unspecified atom stereocenters. The normalized spacial score (nSPS) is 14.1. The Labute approximate surface area is 221 Å². The Morgan fingerprint density at radius 3 is 2.47 bits per heavy atom. The number of hydrogen-bond donors (Lipinski definition) is 2. The number of carbonyl (C=O) groups excluding carboxylic acids is 2. The first kappa shape index (κ1) is 25.8. The zero-order chi connectivity index (χ0) is 26.9. The van der Waals surface area contributed by atoms with E-state index in [1.807, 2.05) is 0 Å². The van der Waals surface area contributed by atoms with Crippen molar-refractivity contribution in [3.05, 3.63) is 88.6 Å². The molecule has 4 aromatic rings. The van der Waals surface area contributed by atoms with Crippen molar-refractivity contribution < 1.29 is 22.8 Å². The van der Waals surface area contributed by atoms with Gasteiger partial charge < -0.3 is 10.6 Å². The maximum Gasteiger partial charge on any atom is 0.416 e. The molecule has 38 heavy (non-hydrogen) atoms. The fourth-order valence-electron chi connectivity index (χ4n) is 4.72. The zero-order valence-corrected chi connectivity index (χ0v) is 20.9. The summed E-state index contributed by atoms with van der Waals surface area (Å²) in [4.78, 5) is 25.5. The molecule has 0 radical (unpaired) electrons. The van der Waals surface area contributed by atoms with Crippen molar-refractivity contribution in [1.82, 2.24) is 15.1 Å². The van der Waals surface area contributed by atoms with Crippen LogP contribution in [0, 0.1) is 5.92 Å². The third-order valence-corrected chi connectivity index (χ3v) is 7.10. The minimum Gasteiger partial charge on any atom is -0.352 e.